The lowest BCUT2D eigenvalue weighted by atomic mass is 10.1. The first-order valence-corrected chi connectivity index (χ1v) is 8.32. The van der Waals surface area contributed by atoms with Gasteiger partial charge in [0.25, 0.3) is 0 Å². The number of rotatable bonds is 8. The first-order chi connectivity index (χ1) is 10.4. The van der Waals surface area contributed by atoms with Gasteiger partial charge in [-0.1, -0.05) is 32.6 Å². The van der Waals surface area contributed by atoms with Crippen LogP contribution in [0.15, 0.2) is 6.20 Å². The Morgan fingerprint density at radius 3 is 2.45 bits per heavy atom. The van der Waals surface area contributed by atoms with Crippen molar-refractivity contribution in [2.75, 3.05) is 6.61 Å². The Bertz CT molecular complexity index is 461. The van der Waals surface area contributed by atoms with E-state index >= 15 is 0 Å². The Morgan fingerprint density at radius 2 is 1.86 bits per heavy atom. The second-order valence-corrected chi connectivity index (χ2v) is 6.48. The average molecular weight is 310 g/mol. The number of nitrogens with zero attached hydrogens (tertiary/aromatic N) is 2. The van der Waals surface area contributed by atoms with E-state index in [0.29, 0.717) is 12.5 Å². The van der Waals surface area contributed by atoms with E-state index in [1.807, 2.05) is 27.7 Å². The Hall–Kier alpha value is -1.52. The van der Waals surface area contributed by atoms with Crippen molar-refractivity contribution in [3.63, 3.8) is 0 Å². The number of carbonyl (C=O) groups is 1. The van der Waals surface area contributed by atoms with Crippen LogP contribution in [0.4, 0.5) is 4.79 Å². The van der Waals surface area contributed by atoms with Crippen LogP contribution in [0.1, 0.15) is 72.3 Å². The number of carbonyl (C=O) groups excluding carboxylic acids is 1. The summed E-state index contributed by atoms with van der Waals surface area (Å²) in [6, 6.07) is 0. The SMILES string of the molecule is CCCCCCCc1cn(C(=O)OC(C)(C)C)nc1OCC. The summed E-state index contributed by atoms with van der Waals surface area (Å²) in [5.74, 6) is 0.545. The summed E-state index contributed by atoms with van der Waals surface area (Å²) in [5, 5.41) is 4.22. The summed E-state index contributed by atoms with van der Waals surface area (Å²) in [6.07, 6.45) is 8.18. The largest absolute Gasteiger partial charge is 0.477 e. The molecule has 1 aromatic rings. The Morgan fingerprint density at radius 1 is 1.18 bits per heavy atom. The lowest BCUT2D eigenvalue weighted by molar-refractivity contribution is 0.0512. The van der Waals surface area contributed by atoms with Gasteiger partial charge in [0.1, 0.15) is 5.60 Å². The molecule has 0 radical (unpaired) electrons. The highest BCUT2D eigenvalue weighted by Gasteiger charge is 2.20. The van der Waals surface area contributed by atoms with E-state index in [1.54, 1.807) is 6.20 Å². The highest BCUT2D eigenvalue weighted by molar-refractivity contribution is 5.70. The van der Waals surface area contributed by atoms with Crippen molar-refractivity contribution in [2.45, 2.75) is 78.7 Å². The molecule has 0 saturated heterocycles. The first kappa shape index (κ1) is 18.5. The third-order valence-electron chi connectivity index (χ3n) is 3.16. The molecule has 0 saturated carbocycles. The van der Waals surface area contributed by atoms with Crippen LogP contribution in [0, 0.1) is 0 Å². The van der Waals surface area contributed by atoms with Gasteiger partial charge in [-0.25, -0.2) is 4.79 Å². The summed E-state index contributed by atoms with van der Waals surface area (Å²) in [6.45, 7) is 10.2. The molecule has 0 aliphatic rings. The summed E-state index contributed by atoms with van der Waals surface area (Å²) >= 11 is 0. The summed E-state index contributed by atoms with van der Waals surface area (Å²) < 4.78 is 12.1. The molecule has 0 fully saturated rings. The highest BCUT2D eigenvalue weighted by Crippen LogP contribution is 2.20. The molecule has 1 aromatic heterocycles. The van der Waals surface area contributed by atoms with Gasteiger partial charge in [0, 0.05) is 11.8 Å². The third kappa shape index (κ3) is 6.50. The van der Waals surface area contributed by atoms with E-state index in [0.717, 1.165) is 18.4 Å². The zero-order valence-electron chi connectivity index (χ0n) is 14.6. The molecule has 0 aliphatic carbocycles. The van der Waals surface area contributed by atoms with Crippen molar-refractivity contribution < 1.29 is 14.3 Å². The van der Waals surface area contributed by atoms with Gasteiger partial charge in [-0.05, 0) is 40.5 Å². The molecule has 0 bridgehead atoms. The molecule has 0 atom stereocenters. The molecule has 0 unspecified atom stereocenters. The van der Waals surface area contributed by atoms with E-state index < -0.39 is 11.7 Å². The number of aryl methyl sites for hydroxylation is 1. The van der Waals surface area contributed by atoms with Gasteiger partial charge in [-0.2, -0.15) is 4.68 Å². The number of ether oxygens (including phenoxy) is 2. The average Bonchev–Trinajstić information content (AvgIpc) is 2.81. The van der Waals surface area contributed by atoms with Crippen molar-refractivity contribution >= 4 is 6.09 Å². The standard InChI is InChI=1S/C17H30N2O3/c1-6-8-9-10-11-12-14-13-19(18-15(14)21-7-2)16(20)22-17(3,4)5/h13H,6-12H2,1-5H3. The van der Waals surface area contributed by atoms with Gasteiger partial charge in [0.2, 0.25) is 5.88 Å². The summed E-state index contributed by atoms with van der Waals surface area (Å²) in [4.78, 5) is 12.1. The lowest BCUT2D eigenvalue weighted by Crippen LogP contribution is -2.27. The maximum atomic E-state index is 12.1. The minimum Gasteiger partial charge on any atom is -0.477 e. The van der Waals surface area contributed by atoms with Crippen LogP contribution in [-0.4, -0.2) is 28.1 Å². The molecule has 5 nitrogen and oxygen atoms in total. The monoisotopic (exact) mass is 310 g/mol. The lowest BCUT2D eigenvalue weighted by Gasteiger charge is -2.18. The van der Waals surface area contributed by atoms with E-state index in [4.69, 9.17) is 9.47 Å². The topological polar surface area (TPSA) is 53.4 Å². The molecule has 5 heteroatoms. The zero-order chi connectivity index (χ0) is 16.6. The molecule has 22 heavy (non-hydrogen) atoms. The maximum Gasteiger partial charge on any atom is 0.435 e. The van der Waals surface area contributed by atoms with Crippen LogP contribution < -0.4 is 4.74 Å². The van der Waals surface area contributed by atoms with Gasteiger partial charge < -0.3 is 9.47 Å². The van der Waals surface area contributed by atoms with Gasteiger partial charge in [0.15, 0.2) is 0 Å². The van der Waals surface area contributed by atoms with Crippen LogP contribution in [0.3, 0.4) is 0 Å². The van der Waals surface area contributed by atoms with Crippen molar-refractivity contribution in [2.24, 2.45) is 0 Å². The third-order valence-corrected chi connectivity index (χ3v) is 3.16. The summed E-state index contributed by atoms with van der Waals surface area (Å²) in [7, 11) is 0. The Labute approximate surface area is 134 Å². The smallest absolute Gasteiger partial charge is 0.435 e. The minimum absolute atomic E-state index is 0.467. The van der Waals surface area contributed by atoms with Gasteiger partial charge in [0.05, 0.1) is 6.61 Å². The van der Waals surface area contributed by atoms with Gasteiger partial charge in [-0.15, -0.1) is 5.10 Å². The molecule has 126 valence electrons. The fourth-order valence-electron chi connectivity index (χ4n) is 2.14. The molecular weight excluding hydrogens is 280 g/mol. The quantitative estimate of drug-likeness (QED) is 0.660. The molecular formula is C17H30N2O3. The molecule has 0 aliphatic heterocycles. The molecule has 0 spiro atoms. The van der Waals surface area contributed by atoms with E-state index in [1.165, 1.54) is 30.4 Å². The Balaban J connectivity index is 2.68. The number of hydrogen-bond acceptors (Lipinski definition) is 4. The first-order valence-electron chi connectivity index (χ1n) is 8.32. The second-order valence-electron chi connectivity index (χ2n) is 6.48. The highest BCUT2D eigenvalue weighted by atomic mass is 16.6. The summed E-state index contributed by atoms with van der Waals surface area (Å²) in [5.41, 5.74) is 0.444. The van der Waals surface area contributed by atoms with Gasteiger partial charge in [-0.3, -0.25) is 0 Å². The molecule has 0 N–H and O–H groups in total. The van der Waals surface area contributed by atoms with E-state index in [-0.39, 0.29) is 0 Å². The van der Waals surface area contributed by atoms with Crippen LogP contribution >= 0.6 is 0 Å². The van der Waals surface area contributed by atoms with Crippen molar-refractivity contribution in [1.29, 1.82) is 0 Å². The Kier molecular flexibility index (Phi) is 7.42. The van der Waals surface area contributed by atoms with Crippen LogP contribution in [0.25, 0.3) is 0 Å². The molecule has 1 rings (SSSR count). The predicted octanol–water partition coefficient (Wildman–Crippen LogP) is 4.58. The normalized spacial score (nSPS) is 11.5. The van der Waals surface area contributed by atoms with Crippen LogP contribution in [0.2, 0.25) is 0 Å². The molecule has 0 amide bonds. The van der Waals surface area contributed by atoms with Crippen molar-refractivity contribution in [3.8, 4) is 5.88 Å². The fourth-order valence-corrected chi connectivity index (χ4v) is 2.14. The van der Waals surface area contributed by atoms with E-state index in [9.17, 15) is 4.79 Å². The number of hydrogen-bond donors (Lipinski definition) is 0. The van der Waals surface area contributed by atoms with Gasteiger partial charge >= 0.3 is 6.09 Å². The van der Waals surface area contributed by atoms with Crippen molar-refractivity contribution in [1.82, 2.24) is 9.78 Å². The van der Waals surface area contributed by atoms with Crippen LogP contribution in [-0.2, 0) is 11.2 Å². The zero-order valence-corrected chi connectivity index (χ0v) is 14.6. The molecule has 0 aromatic carbocycles. The van der Waals surface area contributed by atoms with Crippen molar-refractivity contribution in [3.05, 3.63) is 11.8 Å². The fraction of sp³-hybridized carbons (Fsp3) is 0.765. The number of aromatic nitrogens is 2. The molecule has 1 heterocycles. The number of unbranched alkanes of at least 4 members (excludes halogenated alkanes) is 4. The van der Waals surface area contributed by atoms with E-state index in [2.05, 4.69) is 12.0 Å². The predicted molar refractivity (Wildman–Crippen MR) is 87.5 cm³/mol. The minimum atomic E-state index is -0.533. The second kappa shape index (κ2) is 8.81. The van der Waals surface area contributed by atoms with Crippen LogP contribution in [0.5, 0.6) is 5.88 Å². The maximum absolute atomic E-state index is 12.1.